The van der Waals surface area contributed by atoms with Crippen LogP contribution in [0.25, 0.3) is 22.2 Å². The molecule has 1 aromatic carbocycles. The van der Waals surface area contributed by atoms with Crippen LogP contribution in [-0.2, 0) is 10.2 Å². The molecule has 2 N–H and O–H groups in total. The second kappa shape index (κ2) is 7.25. The van der Waals surface area contributed by atoms with Crippen LogP contribution in [0, 0.1) is 0 Å². The summed E-state index contributed by atoms with van der Waals surface area (Å²) in [5.74, 6) is 0.757. The van der Waals surface area contributed by atoms with E-state index >= 15 is 0 Å². The van der Waals surface area contributed by atoms with Gasteiger partial charge in [-0.25, -0.2) is 0 Å². The highest BCUT2D eigenvalue weighted by Gasteiger charge is 2.46. The maximum Gasteiger partial charge on any atom is 0.148 e. The first-order valence-corrected chi connectivity index (χ1v) is 9.71. The van der Waals surface area contributed by atoms with Gasteiger partial charge in [-0.15, -0.1) is 10.2 Å². The van der Waals surface area contributed by atoms with E-state index in [1.54, 1.807) is 7.11 Å². The number of ether oxygens (including phenoxy) is 1. The number of nitrogens with one attached hydrogen (secondary N) is 2. The number of hydrogen-bond donors (Lipinski definition) is 2. The van der Waals surface area contributed by atoms with Crippen molar-refractivity contribution in [2.75, 3.05) is 19.0 Å². The van der Waals surface area contributed by atoms with Crippen LogP contribution in [-0.4, -0.2) is 45.1 Å². The molecule has 1 aliphatic carbocycles. The number of H-pyrrole nitrogens is 1. The Bertz CT molecular complexity index is 1100. The Morgan fingerprint density at radius 1 is 1.14 bits per heavy atom. The first-order valence-electron chi connectivity index (χ1n) is 9.71. The molecule has 5 rings (SSSR count). The van der Waals surface area contributed by atoms with Crippen molar-refractivity contribution in [1.82, 2.24) is 25.4 Å². The fourth-order valence-corrected chi connectivity index (χ4v) is 4.04. The predicted octanol–water partition coefficient (Wildman–Crippen LogP) is 3.57. The normalized spacial score (nSPS) is 21.1. The van der Waals surface area contributed by atoms with E-state index < -0.39 is 0 Å². The molecule has 3 aromatic heterocycles. The summed E-state index contributed by atoms with van der Waals surface area (Å²) in [7, 11) is 1.77. The Balaban J connectivity index is 1.31. The highest BCUT2D eigenvalue weighted by molar-refractivity contribution is 5.83. The lowest BCUT2D eigenvalue weighted by molar-refractivity contribution is -0.0150. The van der Waals surface area contributed by atoms with Gasteiger partial charge in [-0.3, -0.25) is 10.1 Å². The number of aromatic nitrogens is 5. The summed E-state index contributed by atoms with van der Waals surface area (Å²) in [4.78, 5) is 4.59. The van der Waals surface area contributed by atoms with Crippen LogP contribution in [0.5, 0.6) is 0 Å². The number of hydrogen-bond acceptors (Lipinski definition) is 6. The fraction of sp³-hybridized carbons (Fsp3) is 0.273. The van der Waals surface area contributed by atoms with Gasteiger partial charge in [0, 0.05) is 41.9 Å². The van der Waals surface area contributed by atoms with Gasteiger partial charge in [0.05, 0.1) is 23.5 Å². The molecule has 7 heteroatoms. The van der Waals surface area contributed by atoms with Crippen LogP contribution in [0.2, 0.25) is 0 Å². The third-order valence-corrected chi connectivity index (χ3v) is 5.79. The summed E-state index contributed by atoms with van der Waals surface area (Å²) in [6.45, 7) is 0.748. The van der Waals surface area contributed by atoms with Crippen molar-refractivity contribution in [2.45, 2.75) is 24.4 Å². The summed E-state index contributed by atoms with van der Waals surface area (Å²) < 4.78 is 5.51. The molecule has 3 heterocycles. The molecule has 7 nitrogen and oxygen atoms in total. The molecule has 0 aliphatic heterocycles. The molecule has 0 radical (unpaired) electrons. The van der Waals surface area contributed by atoms with Crippen molar-refractivity contribution in [3.05, 3.63) is 66.6 Å². The number of rotatable bonds is 6. The maximum atomic E-state index is 5.51. The second-order valence-corrected chi connectivity index (χ2v) is 7.59. The molecular formula is C22H22N6O. The molecule has 29 heavy (non-hydrogen) atoms. The zero-order valence-electron chi connectivity index (χ0n) is 16.2. The van der Waals surface area contributed by atoms with Crippen LogP contribution < -0.4 is 5.32 Å². The molecule has 0 unspecified atom stereocenters. The summed E-state index contributed by atoms with van der Waals surface area (Å²) in [5, 5.41) is 20.4. The van der Waals surface area contributed by atoms with Gasteiger partial charge in [0.25, 0.3) is 0 Å². The quantitative estimate of drug-likeness (QED) is 0.527. The summed E-state index contributed by atoms with van der Waals surface area (Å²) in [6, 6.07) is 16.1. The number of anilines is 1. The molecule has 0 bridgehead atoms. The number of nitrogens with zero attached hydrogens (tertiary/aromatic N) is 4. The summed E-state index contributed by atoms with van der Waals surface area (Å²) in [5.41, 5.74) is 3.88. The number of fused-ring (bicyclic) bond motifs is 1. The molecule has 146 valence electrons. The van der Waals surface area contributed by atoms with Gasteiger partial charge in [-0.2, -0.15) is 5.10 Å². The highest BCUT2D eigenvalue weighted by Crippen LogP contribution is 2.44. The van der Waals surface area contributed by atoms with Gasteiger partial charge in [0.1, 0.15) is 5.82 Å². The van der Waals surface area contributed by atoms with E-state index in [-0.39, 0.29) is 11.5 Å². The van der Waals surface area contributed by atoms with Crippen LogP contribution >= 0.6 is 0 Å². The Kier molecular flexibility index (Phi) is 4.44. The first-order chi connectivity index (χ1) is 14.3. The lowest BCUT2D eigenvalue weighted by Gasteiger charge is -2.46. The minimum absolute atomic E-state index is 0.0338. The lowest BCUT2D eigenvalue weighted by Crippen LogP contribution is -2.50. The third-order valence-electron chi connectivity index (χ3n) is 5.79. The van der Waals surface area contributed by atoms with E-state index in [1.807, 2.05) is 54.9 Å². The van der Waals surface area contributed by atoms with Crippen LogP contribution in [0.4, 0.5) is 5.82 Å². The molecule has 4 aromatic rings. The summed E-state index contributed by atoms with van der Waals surface area (Å²) in [6.07, 6.45) is 5.84. The molecule has 1 aliphatic rings. The molecule has 0 spiro atoms. The zero-order chi connectivity index (χ0) is 19.7. The van der Waals surface area contributed by atoms with Crippen LogP contribution in [0.3, 0.4) is 0 Å². The van der Waals surface area contributed by atoms with E-state index in [9.17, 15) is 0 Å². The third kappa shape index (κ3) is 3.34. The minimum atomic E-state index is -0.0338. The van der Waals surface area contributed by atoms with Gasteiger partial charge in [-0.1, -0.05) is 18.2 Å². The Morgan fingerprint density at radius 3 is 2.83 bits per heavy atom. The van der Waals surface area contributed by atoms with E-state index in [2.05, 4.69) is 36.8 Å². The van der Waals surface area contributed by atoms with E-state index in [4.69, 9.17) is 4.74 Å². The molecule has 0 atom stereocenters. The van der Waals surface area contributed by atoms with Crippen molar-refractivity contribution in [1.29, 1.82) is 0 Å². The predicted molar refractivity (Wildman–Crippen MR) is 112 cm³/mol. The van der Waals surface area contributed by atoms with Gasteiger partial charge in [0.15, 0.2) is 0 Å². The highest BCUT2D eigenvalue weighted by atomic mass is 16.5. The Morgan fingerprint density at radius 2 is 2.07 bits per heavy atom. The lowest BCUT2D eigenvalue weighted by atomic mass is 9.64. The molecular weight excluding hydrogens is 364 g/mol. The molecule has 0 saturated heterocycles. The van der Waals surface area contributed by atoms with Crippen molar-refractivity contribution in [3.63, 3.8) is 0 Å². The van der Waals surface area contributed by atoms with Crippen LogP contribution in [0.1, 0.15) is 18.5 Å². The van der Waals surface area contributed by atoms with Gasteiger partial charge in [0.2, 0.25) is 0 Å². The van der Waals surface area contributed by atoms with Gasteiger partial charge < -0.3 is 10.1 Å². The SMILES string of the molecule is COC1CC(CNc2ccc(-c3ccc4cn[nH]c4c3)nn2)(c2ccccn2)C1. The van der Waals surface area contributed by atoms with Gasteiger partial charge >= 0.3 is 0 Å². The second-order valence-electron chi connectivity index (χ2n) is 7.59. The van der Waals surface area contributed by atoms with E-state index in [0.29, 0.717) is 0 Å². The summed E-state index contributed by atoms with van der Waals surface area (Å²) >= 11 is 0. The Labute approximate surface area is 168 Å². The number of methoxy groups -OCH3 is 1. The maximum absolute atomic E-state index is 5.51. The topological polar surface area (TPSA) is 88.6 Å². The zero-order valence-corrected chi connectivity index (χ0v) is 16.2. The minimum Gasteiger partial charge on any atom is -0.381 e. The largest absolute Gasteiger partial charge is 0.381 e. The smallest absolute Gasteiger partial charge is 0.148 e. The van der Waals surface area contributed by atoms with Crippen molar-refractivity contribution in [2.24, 2.45) is 0 Å². The number of aromatic amines is 1. The number of pyridine rings is 1. The number of benzene rings is 1. The first kappa shape index (κ1) is 17.8. The average molecular weight is 386 g/mol. The monoisotopic (exact) mass is 386 g/mol. The van der Waals surface area contributed by atoms with Crippen molar-refractivity contribution in [3.8, 4) is 11.3 Å². The van der Waals surface area contributed by atoms with Crippen molar-refractivity contribution >= 4 is 16.7 Å². The Hall–Kier alpha value is -3.32. The van der Waals surface area contributed by atoms with Gasteiger partial charge in [-0.05, 0) is 43.2 Å². The molecule has 1 fully saturated rings. The van der Waals surface area contributed by atoms with Crippen molar-refractivity contribution < 1.29 is 4.74 Å². The average Bonchev–Trinajstić information content (AvgIpc) is 3.22. The van der Waals surface area contributed by atoms with Crippen LogP contribution in [0.15, 0.2) is 60.9 Å². The van der Waals surface area contributed by atoms with E-state index in [0.717, 1.165) is 53.1 Å². The van der Waals surface area contributed by atoms with E-state index in [1.165, 1.54) is 0 Å². The molecule has 1 saturated carbocycles. The molecule has 0 amide bonds. The fourth-order valence-electron chi connectivity index (χ4n) is 4.04. The standard InChI is InChI=1S/C22H22N6O/c1-29-17-11-22(12-17,20-4-2-3-9-23-20)14-24-21-8-7-18(27-28-21)15-5-6-16-13-25-26-19(16)10-15/h2-10,13,17H,11-12,14H2,1H3,(H,24,28)(H,25,26).